The lowest BCUT2D eigenvalue weighted by Crippen LogP contribution is -2.05. The second kappa shape index (κ2) is 11.4. The standard InChI is InChI=1S/C30H29NO4S/c1-4-5-25(18-29(32)33)23-10-12-27(13-11-23)35-20-26-9-8-24-16-17-31(30(24)21(26)2)19-22-6-14-28(15-7-22)36(3)34/h6-17,25H,18-20H2,1-3H3,(H,32,33)/t25-,36?/m0/s1. The minimum atomic E-state index is -0.981. The average Bonchev–Trinajstić information content (AvgIpc) is 3.27. The molecular weight excluding hydrogens is 470 g/mol. The summed E-state index contributed by atoms with van der Waals surface area (Å²) in [5.41, 5.74) is 5.46. The summed E-state index contributed by atoms with van der Waals surface area (Å²) in [6.07, 6.45) is 3.76. The molecule has 184 valence electrons. The van der Waals surface area contributed by atoms with Gasteiger partial charge in [-0.25, -0.2) is 0 Å². The molecule has 0 aliphatic heterocycles. The number of carboxylic acid groups (broad SMARTS) is 1. The first-order chi connectivity index (χ1) is 17.4. The van der Waals surface area contributed by atoms with Gasteiger partial charge in [-0.3, -0.25) is 4.79 Å². The number of hydrogen-bond acceptors (Lipinski definition) is 3. The van der Waals surface area contributed by atoms with Crippen molar-refractivity contribution in [3.8, 4) is 17.6 Å². The first-order valence-electron chi connectivity index (χ1n) is 11.7. The first-order valence-corrected chi connectivity index (χ1v) is 13.3. The van der Waals surface area contributed by atoms with Gasteiger partial charge < -0.3 is 19.0 Å². The van der Waals surface area contributed by atoms with Gasteiger partial charge in [0.1, 0.15) is 18.6 Å². The van der Waals surface area contributed by atoms with Crippen LogP contribution in [0, 0.1) is 18.8 Å². The van der Waals surface area contributed by atoms with E-state index >= 15 is 0 Å². The van der Waals surface area contributed by atoms with E-state index in [1.54, 1.807) is 13.2 Å². The smallest absolute Gasteiger partial charge is 0.304 e. The molecule has 0 saturated carbocycles. The lowest BCUT2D eigenvalue weighted by atomic mass is 9.96. The average molecular weight is 500 g/mol. The van der Waals surface area contributed by atoms with Gasteiger partial charge in [-0.05, 0) is 83.0 Å². The van der Waals surface area contributed by atoms with E-state index in [2.05, 4.69) is 47.7 Å². The summed E-state index contributed by atoms with van der Waals surface area (Å²) in [7, 11) is 0. The molecule has 0 spiro atoms. The van der Waals surface area contributed by atoms with Gasteiger partial charge in [-0.15, -0.1) is 5.92 Å². The van der Waals surface area contributed by atoms with Crippen molar-refractivity contribution in [3.05, 3.63) is 95.2 Å². The zero-order chi connectivity index (χ0) is 25.7. The minimum absolute atomic E-state index is 0.0256. The molecule has 1 N–H and O–H groups in total. The fourth-order valence-electron chi connectivity index (χ4n) is 4.35. The fourth-order valence-corrected chi connectivity index (χ4v) is 4.87. The number of aliphatic carboxylic acids is 1. The summed E-state index contributed by atoms with van der Waals surface area (Å²) in [5.74, 6) is 5.31. The van der Waals surface area contributed by atoms with Crippen LogP contribution >= 0.6 is 0 Å². The molecule has 0 fully saturated rings. The molecule has 4 rings (SSSR count). The highest BCUT2D eigenvalue weighted by Gasteiger charge is 2.14. The number of carbonyl (C=O) groups is 1. The molecule has 0 radical (unpaired) electrons. The maximum absolute atomic E-state index is 11.7. The van der Waals surface area contributed by atoms with Gasteiger partial charge in [-0.1, -0.05) is 42.3 Å². The molecule has 0 amide bonds. The van der Waals surface area contributed by atoms with E-state index in [0.29, 0.717) is 6.61 Å². The van der Waals surface area contributed by atoms with Crippen molar-refractivity contribution in [2.75, 3.05) is 6.26 Å². The molecule has 0 aliphatic rings. The van der Waals surface area contributed by atoms with Gasteiger partial charge in [0.15, 0.2) is 4.90 Å². The highest BCUT2D eigenvalue weighted by molar-refractivity contribution is 7.90. The maximum atomic E-state index is 11.7. The van der Waals surface area contributed by atoms with Gasteiger partial charge >= 0.3 is 5.97 Å². The molecule has 3 aromatic carbocycles. The fraction of sp³-hybridized carbons (Fsp3) is 0.233. The molecule has 36 heavy (non-hydrogen) atoms. The van der Waals surface area contributed by atoms with Crippen LogP contribution in [0.25, 0.3) is 10.9 Å². The number of benzene rings is 3. The predicted octanol–water partition coefficient (Wildman–Crippen LogP) is 5.90. The van der Waals surface area contributed by atoms with E-state index < -0.39 is 17.1 Å². The Hall–Kier alpha value is -3.66. The van der Waals surface area contributed by atoms with Crippen LogP contribution in [-0.4, -0.2) is 26.5 Å². The zero-order valence-electron chi connectivity index (χ0n) is 20.7. The molecule has 1 aromatic heterocycles. The molecule has 2 atom stereocenters. The number of rotatable bonds is 9. The lowest BCUT2D eigenvalue weighted by Gasteiger charge is -2.14. The van der Waals surface area contributed by atoms with Gasteiger partial charge in [0.2, 0.25) is 0 Å². The summed E-state index contributed by atoms with van der Waals surface area (Å²) >= 11 is -0.981. The van der Waals surface area contributed by atoms with Crippen LogP contribution in [-0.2, 0) is 29.1 Å². The monoisotopic (exact) mass is 499 g/mol. The Labute approximate surface area is 214 Å². The highest BCUT2D eigenvalue weighted by atomic mass is 32.2. The Balaban J connectivity index is 1.49. The van der Waals surface area contributed by atoms with Crippen molar-refractivity contribution < 1.29 is 19.2 Å². The summed E-state index contributed by atoms with van der Waals surface area (Å²) < 4.78 is 20.0. The van der Waals surface area contributed by atoms with E-state index in [9.17, 15) is 9.35 Å². The van der Waals surface area contributed by atoms with Crippen LogP contribution in [0.15, 0.2) is 77.8 Å². The third-order valence-corrected chi connectivity index (χ3v) is 7.21. The van der Waals surface area contributed by atoms with E-state index in [0.717, 1.165) is 33.9 Å². The van der Waals surface area contributed by atoms with Crippen molar-refractivity contribution in [2.45, 2.75) is 44.2 Å². The Kier molecular flexibility index (Phi) is 8.04. The lowest BCUT2D eigenvalue weighted by molar-refractivity contribution is -0.137. The van der Waals surface area contributed by atoms with Crippen molar-refractivity contribution in [2.24, 2.45) is 0 Å². The van der Waals surface area contributed by atoms with Crippen LogP contribution in [0.3, 0.4) is 0 Å². The van der Waals surface area contributed by atoms with Crippen LogP contribution in [0.1, 0.15) is 41.5 Å². The number of fused-ring (bicyclic) bond motifs is 1. The number of aryl methyl sites for hydroxylation is 1. The molecule has 0 saturated heterocycles. The quantitative estimate of drug-likeness (QED) is 0.230. The summed E-state index contributed by atoms with van der Waals surface area (Å²) in [6.45, 7) is 4.98. The zero-order valence-corrected chi connectivity index (χ0v) is 21.5. The Morgan fingerprint density at radius 2 is 1.81 bits per heavy atom. The molecule has 1 heterocycles. The van der Waals surface area contributed by atoms with Crippen molar-refractivity contribution in [3.63, 3.8) is 0 Å². The molecule has 4 aromatic rings. The Morgan fingerprint density at radius 1 is 1.08 bits per heavy atom. The number of carboxylic acids is 1. The van der Waals surface area contributed by atoms with E-state index in [1.807, 2.05) is 48.5 Å². The van der Waals surface area contributed by atoms with E-state index in [1.165, 1.54) is 16.5 Å². The summed E-state index contributed by atoms with van der Waals surface area (Å²) in [4.78, 5) is 12.0. The van der Waals surface area contributed by atoms with Crippen molar-refractivity contribution >= 4 is 28.0 Å². The Bertz CT molecular complexity index is 1410. The summed E-state index contributed by atoms with van der Waals surface area (Å²) in [5, 5.41) is 10.3. The van der Waals surface area contributed by atoms with Crippen molar-refractivity contribution in [1.29, 1.82) is 0 Å². The van der Waals surface area contributed by atoms with E-state index in [4.69, 9.17) is 9.84 Å². The van der Waals surface area contributed by atoms with Crippen LogP contribution in [0.2, 0.25) is 0 Å². The summed E-state index contributed by atoms with van der Waals surface area (Å²) in [6, 6.07) is 21.7. The first kappa shape index (κ1) is 25.4. The normalized spacial score (nSPS) is 12.6. The number of ether oxygens (including phenoxy) is 1. The van der Waals surface area contributed by atoms with Crippen LogP contribution < -0.4 is 4.74 Å². The Morgan fingerprint density at radius 3 is 2.44 bits per heavy atom. The SMILES string of the molecule is CC#C[C@@H](CC(=O)O)c1ccc(OCc2ccc3ccn(Cc4ccc([S+](C)[O-])cc4)c3c2C)cc1. The van der Waals surface area contributed by atoms with Gasteiger partial charge in [0, 0.05) is 12.7 Å². The molecule has 5 nitrogen and oxygen atoms in total. The van der Waals surface area contributed by atoms with E-state index in [-0.39, 0.29) is 12.3 Å². The van der Waals surface area contributed by atoms with Crippen molar-refractivity contribution in [1.82, 2.24) is 4.57 Å². The van der Waals surface area contributed by atoms with Gasteiger partial charge in [-0.2, -0.15) is 0 Å². The maximum Gasteiger partial charge on any atom is 0.304 e. The molecule has 1 unspecified atom stereocenters. The predicted molar refractivity (Wildman–Crippen MR) is 144 cm³/mol. The third kappa shape index (κ3) is 5.93. The largest absolute Gasteiger partial charge is 0.612 e. The second-order valence-corrected chi connectivity index (χ2v) is 10.1. The minimum Gasteiger partial charge on any atom is -0.612 e. The molecular formula is C30H29NO4S. The molecule has 6 heteroatoms. The number of nitrogens with zero attached hydrogens (tertiary/aromatic N) is 1. The second-order valence-electron chi connectivity index (χ2n) is 8.73. The van der Waals surface area contributed by atoms with Gasteiger partial charge in [0.25, 0.3) is 0 Å². The van der Waals surface area contributed by atoms with Gasteiger partial charge in [0.05, 0.1) is 17.9 Å². The number of hydrogen-bond donors (Lipinski definition) is 1. The molecule has 0 bridgehead atoms. The number of aromatic nitrogens is 1. The van der Waals surface area contributed by atoms with Crippen LogP contribution in [0.5, 0.6) is 5.75 Å². The highest BCUT2D eigenvalue weighted by Crippen LogP contribution is 2.27. The molecule has 0 aliphatic carbocycles. The third-order valence-electron chi connectivity index (χ3n) is 6.28. The van der Waals surface area contributed by atoms with Crippen LogP contribution in [0.4, 0.5) is 0 Å². The topological polar surface area (TPSA) is 74.5 Å².